The number of likely N-dealkylation sites (N-methyl/N-ethyl adjacent to an activating group) is 1. The van der Waals surface area contributed by atoms with E-state index in [1.165, 1.54) is 12.1 Å². The first kappa shape index (κ1) is 15.2. The number of carbonyl (C=O) groups excluding carboxylic acids is 1. The molecule has 1 aliphatic carbocycles. The minimum absolute atomic E-state index is 0.106. The SMILES string of the molecule is CN(C)[C@@H]1[C@@H](NC(=O)NCc2cccc(F)c2)[C@H]2CCO[C@H]21. The van der Waals surface area contributed by atoms with Crippen molar-refractivity contribution in [1.82, 2.24) is 15.5 Å². The van der Waals surface area contributed by atoms with Gasteiger partial charge < -0.3 is 20.3 Å². The molecule has 4 atom stereocenters. The minimum atomic E-state index is -0.294. The van der Waals surface area contributed by atoms with Gasteiger partial charge >= 0.3 is 6.03 Å². The topological polar surface area (TPSA) is 53.6 Å². The van der Waals surface area contributed by atoms with Crippen molar-refractivity contribution < 1.29 is 13.9 Å². The summed E-state index contributed by atoms with van der Waals surface area (Å²) in [5, 5.41) is 5.83. The molecule has 2 fully saturated rings. The van der Waals surface area contributed by atoms with Crippen molar-refractivity contribution in [3.8, 4) is 0 Å². The highest BCUT2D eigenvalue weighted by Gasteiger charge is 2.55. The van der Waals surface area contributed by atoms with Crippen LogP contribution in [0.3, 0.4) is 0 Å². The van der Waals surface area contributed by atoms with E-state index in [2.05, 4.69) is 15.5 Å². The molecule has 1 aliphatic heterocycles. The maximum Gasteiger partial charge on any atom is 0.315 e. The molecule has 2 amide bonds. The third kappa shape index (κ3) is 2.94. The molecular weight excluding hydrogens is 285 g/mol. The zero-order chi connectivity index (χ0) is 15.7. The maximum absolute atomic E-state index is 13.1. The van der Waals surface area contributed by atoms with Gasteiger partial charge in [0.2, 0.25) is 0 Å². The van der Waals surface area contributed by atoms with Gasteiger partial charge in [-0.1, -0.05) is 12.1 Å². The average Bonchev–Trinajstić information content (AvgIpc) is 2.86. The Bertz CT molecular complexity index is 552. The first-order chi connectivity index (χ1) is 10.6. The van der Waals surface area contributed by atoms with Gasteiger partial charge in [0.25, 0.3) is 0 Å². The monoisotopic (exact) mass is 307 g/mol. The lowest BCUT2D eigenvalue weighted by molar-refractivity contribution is -0.0654. The summed E-state index contributed by atoms with van der Waals surface area (Å²) in [6, 6.07) is 6.34. The summed E-state index contributed by atoms with van der Waals surface area (Å²) in [6.45, 7) is 1.08. The second-order valence-corrected chi connectivity index (χ2v) is 6.22. The van der Waals surface area contributed by atoms with Crippen LogP contribution >= 0.6 is 0 Å². The van der Waals surface area contributed by atoms with Crippen LogP contribution in [0.5, 0.6) is 0 Å². The Hall–Kier alpha value is -1.66. The van der Waals surface area contributed by atoms with Crippen LogP contribution in [0.15, 0.2) is 24.3 Å². The fraction of sp³-hybridized carbons (Fsp3) is 0.562. The van der Waals surface area contributed by atoms with Gasteiger partial charge in [-0.05, 0) is 38.2 Å². The van der Waals surface area contributed by atoms with Crippen LogP contribution in [-0.2, 0) is 11.3 Å². The van der Waals surface area contributed by atoms with Gasteiger partial charge in [-0.3, -0.25) is 0 Å². The van der Waals surface area contributed by atoms with E-state index < -0.39 is 0 Å². The number of hydrogen-bond acceptors (Lipinski definition) is 3. The van der Waals surface area contributed by atoms with Crippen molar-refractivity contribution in [2.45, 2.75) is 31.2 Å². The van der Waals surface area contributed by atoms with E-state index in [1.54, 1.807) is 12.1 Å². The summed E-state index contributed by atoms with van der Waals surface area (Å²) < 4.78 is 18.8. The first-order valence-electron chi connectivity index (χ1n) is 7.63. The van der Waals surface area contributed by atoms with Crippen molar-refractivity contribution in [3.63, 3.8) is 0 Å². The Morgan fingerprint density at radius 1 is 1.45 bits per heavy atom. The number of fused-ring (bicyclic) bond motifs is 1. The number of benzene rings is 1. The van der Waals surface area contributed by atoms with E-state index >= 15 is 0 Å². The maximum atomic E-state index is 13.1. The van der Waals surface area contributed by atoms with Crippen LogP contribution in [0.2, 0.25) is 0 Å². The largest absolute Gasteiger partial charge is 0.376 e. The average molecular weight is 307 g/mol. The molecule has 0 radical (unpaired) electrons. The van der Waals surface area contributed by atoms with Crippen LogP contribution in [-0.4, -0.2) is 49.8 Å². The second kappa shape index (κ2) is 6.22. The number of amides is 2. The standard InChI is InChI=1S/C16H22FN3O2/c1-20(2)14-13(12-6-7-22-15(12)14)19-16(21)18-9-10-4-3-5-11(17)8-10/h3-5,8,12-15H,6-7,9H2,1-2H3,(H2,18,19,21)/t12-,13+,14-,15-/m1/s1. The lowest BCUT2D eigenvalue weighted by Crippen LogP contribution is -2.70. The van der Waals surface area contributed by atoms with Crippen LogP contribution < -0.4 is 10.6 Å². The molecule has 1 saturated carbocycles. The van der Waals surface area contributed by atoms with Gasteiger partial charge in [0.15, 0.2) is 0 Å². The van der Waals surface area contributed by atoms with E-state index in [1.807, 2.05) is 14.1 Å². The number of nitrogens with zero attached hydrogens (tertiary/aromatic N) is 1. The summed E-state index contributed by atoms with van der Waals surface area (Å²) in [5.41, 5.74) is 0.745. The third-order valence-corrected chi connectivity index (χ3v) is 4.59. The van der Waals surface area contributed by atoms with Gasteiger partial charge in [0.1, 0.15) is 5.82 Å². The van der Waals surface area contributed by atoms with Gasteiger partial charge in [0.05, 0.1) is 18.2 Å². The predicted octanol–water partition coefficient (Wildman–Crippen LogP) is 1.34. The summed E-state index contributed by atoms with van der Waals surface area (Å²) in [7, 11) is 4.00. The predicted molar refractivity (Wildman–Crippen MR) is 80.9 cm³/mol. The quantitative estimate of drug-likeness (QED) is 0.883. The van der Waals surface area contributed by atoms with Gasteiger partial charge in [-0.25, -0.2) is 9.18 Å². The zero-order valence-corrected chi connectivity index (χ0v) is 12.9. The van der Waals surface area contributed by atoms with Crippen molar-refractivity contribution in [3.05, 3.63) is 35.6 Å². The number of rotatable bonds is 4. The molecule has 5 nitrogen and oxygen atoms in total. The normalized spacial score (nSPS) is 29.8. The molecule has 2 N–H and O–H groups in total. The van der Waals surface area contributed by atoms with Crippen molar-refractivity contribution in [2.24, 2.45) is 5.92 Å². The fourth-order valence-corrected chi connectivity index (χ4v) is 3.52. The molecule has 1 aromatic carbocycles. The Morgan fingerprint density at radius 3 is 3.00 bits per heavy atom. The summed E-state index contributed by atoms with van der Waals surface area (Å²) in [6.07, 6.45) is 1.22. The first-order valence-corrected chi connectivity index (χ1v) is 7.63. The molecule has 2 aliphatic rings. The highest BCUT2D eigenvalue weighted by atomic mass is 19.1. The van der Waals surface area contributed by atoms with E-state index in [0.717, 1.165) is 18.6 Å². The van der Waals surface area contributed by atoms with E-state index in [-0.39, 0.29) is 30.0 Å². The summed E-state index contributed by atoms with van der Waals surface area (Å²) in [5.74, 6) is 0.102. The summed E-state index contributed by atoms with van der Waals surface area (Å²) in [4.78, 5) is 14.2. The van der Waals surface area contributed by atoms with Crippen LogP contribution in [0, 0.1) is 11.7 Å². The van der Waals surface area contributed by atoms with Crippen molar-refractivity contribution in [2.75, 3.05) is 20.7 Å². The van der Waals surface area contributed by atoms with Crippen LogP contribution in [0.4, 0.5) is 9.18 Å². The molecule has 22 heavy (non-hydrogen) atoms. The molecule has 0 bridgehead atoms. The Labute approximate surface area is 129 Å². The highest BCUT2D eigenvalue weighted by molar-refractivity contribution is 5.74. The van der Waals surface area contributed by atoms with Crippen LogP contribution in [0.1, 0.15) is 12.0 Å². The Balaban J connectivity index is 1.53. The lowest BCUT2D eigenvalue weighted by atomic mass is 9.71. The highest BCUT2D eigenvalue weighted by Crippen LogP contribution is 2.41. The number of halogens is 1. The van der Waals surface area contributed by atoms with Gasteiger partial charge in [-0.2, -0.15) is 0 Å². The molecule has 6 heteroatoms. The zero-order valence-electron chi connectivity index (χ0n) is 12.9. The molecule has 0 spiro atoms. The third-order valence-electron chi connectivity index (χ3n) is 4.59. The molecule has 1 saturated heterocycles. The molecule has 0 unspecified atom stereocenters. The van der Waals surface area contributed by atoms with Crippen LogP contribution in [0.25, 0.3) is 0 Å². The molecular formula is C16H22FN3O2. The Morgan fingerprint density at radius 2 is 2.27 bits per heavy atom. The second-order valence-electron chi connectivity index (χ2n) is 6.22. The van der Waals surface area contributed by atoms with Gasteiger partial charge in [0, 0.05) is 19.1 Å². The number of nitrogens with one attached hydrogen (secondary N) is 2. The van der Waals surface area contributed by atoms with Crippen molar-refractivity contribution in [1.29, 1.82) is 0 Å². The number of urea groups is 1. The minimum Gasteiger partial charge on any atom is -0.376 e. The number of ether oxygens (including phenoxy) is 1. The Kier molecular flexibility index (Phi) is 4.31. The fourth-order valence-electron chi connectivity index (χ4n) is 3.52. The van der Waals surface area contributed by atoms with Crippen molar-refractivity contribution >= 4 is 6.03 Å². The van der Waals surface area contributed by atoms with E-state index in [0.29, 0.717) is 12.5 Å². The number of hydrogen-bond donors (Lipinski definition) is 2. The smallest absolute Gasteiger partial charge is 0.315 e. The molecule has 1 heterocycles. The molecule has 3 rings (SSSR count). The number of carbonyl (C=O) groups is 1. The molecule has 1 aromatic rings. The molecule has 120 valence electrons. The van der Waals surface area contributed by atoms with E-state index in [9.17, 15) is 9.18 Å². The van der Waals surface area contributed by atoms with E-state index in [4.69, 9.17) is 4.74 Å². The summed E-state index contributed by atoms with van der Waals surface area (Å²) >= 11 is 0. The molecule has 0 aromatic heterocycles. The van der Waals surface area contributed by atoms with Gasteiger partial charge in [-0.15, -0.1) is 0 Å². The lowest BCUT2D eigenvalue weighted by Gasteiger charge is -2.50.